The van der Waals surface area contributed by atoms with E-state index in [-0.39, 0.29) is 36.6 Å². The zero-order chi connectivity index (χ0) is 14.5. The van der Waals surface area contributed by atoms with Crippen LogP contribution in [0.1, 0.15) is 32.4 Å². The largest absolute Gasteiger partial charge is 0.330 e. The van der Waals surface area contributed by atoms with Crippen LogP contribution in [0.5, 0.6) is 0 Å². The minimum absolute atomic E-state index is 0. The Morgan fingerprint density at radius 1 is 1.59 bits per heavy atom. The van der Waals surface area contributed by atoms with Crippen LogP contribution in [0.15, 0.2) is 5.38 Å². The predicted molar refractivity (Wildman–Crippen MR) is 97.1 cm³/mol. The molecule has 0 radical (unpaired) electrons. The molecule has 3 N–H and O–H groups in total. The zero-order valence-electron chi connectivity index (χ0n) is 13.1. The summed E-state index contributed by atoms with van der Waals surface area (Å²) in [5, 5.41) is 5.53. The van der Waals surface area contributed by atoms with Crippen molar-refractivity contribution in [3.63, 3.8) is 0 Å². The summed E-state index contributed by atoms with van der Waals surface area (Å²) in [6, 6.07) is 0. The highest BCUT2D eigenvalue weighted by molar-refractivity contribution is 7.13. The van der Waals surface area contributed by atoms with Crippen LogP contribution in [0.2, 0.25) is 0 Å². The van der Waals surface area contributed by atoms with Gasteiger partial charge in [0, 0.05) is 30.9 Å². The van der Waals surface area contributed by atoms with Crippen molar-refractivity contribution in [3.05, 3.63) is 11.1 Å². The van der Waals surface area contributed by atoms with E-state index in [2.05, 4.69) is 22.1 Å². The molecule has 1 aromatic heterocycles. The minimum Gasteiger partial charge on any atom is -0.330 e. The van der Waals surface area contributed by atoms with E-state index in [1.165, 1.54) is 24.2 Å². The lowest BCUT2D eigenvalue weighted by Gasteiger charge is -2.30. The molecule has 2 unspecified atom stereocenters. The van der Waals surface area contributed by atoms with Crippen LogP contribution in [0.4, 0.5) is 5.13 Å². The molecule has 2 rings (SSSR count). The topological polar surface area (TPSA) is 71.2 Å². The van der Waals surface area contributed by atoms with Crippen LogP contribution in [0, 0.1) is 11.8 Å². The van der Waals surface area contributed by atoms with Crippen LogP contribution >= 0.6 is 36.2 Å². The monoisotopic (exact) mass is 368 g/mol. The zero-order valence-corrected chi connectivity index (χ0v) is 15.5. The summed E-state index contributed by atoms with van der Waals surface area (Å²) in [6.45, 7) is 7.64. The maximum absolute atomic E-state index is 11.8. The SMILES string of the molecule is CC1CCCN(Cc2csc(NC(=O)C(C)CN)n2)C1.Cl.Cl. The average Bonchev–Trinajstić information content (AvgIpc) is 2.85. The van der Waals surface area contributed by atoms with Gasteiger partial charge in [0.1, 0.15) is 0 Å². The normalized spacial score (nSPS) is 19.7. The molecule has 0 spiro atoms. The van der Waals surface area contributed by atoms with E-state index in [9.17, 15) is 4.79 Å². The van der Waals surface area contributed by atoms with Crippen LogP contribution in [0.25, 0.3) is 0 Å². The number of carbonyl (C=O) groups excluding carboxylic acids is 1. The fraction of sp³-hybridized carbons (Fsp3) is 0.714. The van der Waals surface area contributed by atoms with Crippen LogP contribution in [-0.4, -0.2) is 35.4 Å². The molecule has 1 fully saturated rings. The van der Waals surface area contributed by atoms with Gasteiger partial charge in [0.2, 0.25) is 5.91 Å². The number of hydrogen-bond donors (Lipinski definition) is 2. The second-order valence-corrected chi connectivity index (χ2v) is 6.61. The van der Waals surface area contributed by atoms with Crippen molar-refractivity contribution in [2.75, 3.05) is 25.0 Å². The Hall–Kier alpha value is -0.400. The number of aromatic nitrogens is 1. The van der Waals surface area contributed by atoms with E-state index >= 15 is 0 Å². The van der Waals surface area contributed by atoms with Gasteiger partial charge in [-0.05, 0) is 25.3 Å². The second kappa shape index (κ2) is 10.4. The summed E-state index contributed by atoms with van der Waals surface area (Å²) in [7, 11) is 0. The lowest BCUT2D eigenvalue weighted by molar-refractivity contribution is -0.119. The molecule has 128 valence electrons. The molecule has 0 saturated carbocycles. The first kappa shape index (κ1) is 21.6. The molecule has 2 heterocycles. The number of halogens is 2. The third kappa shape index (κ3) is 6.38. The number of nitrogens with two attached hydrogens (primary N) is 1. The molecular formula is C14H26Cl2N4OS. The van der Waals surface area contributed by atoms with Gasteiger partial charge in [-0.2, -0.15) is 0 Å². The van der Waals surface area contributed by atoms with Gasteiger partial charge in [-0.15, -0.1) is 36.2 Å². The van der Waals surface area contributed by atoms with Crippen molar-refractivity contribution in [1.82, 2.24) is 9.88 Å². The first-order valence-electron chi connectivity index (χ1n) is 7.26. The van der Waals surface area contributed by atoms with E-state index in [1.54, 1.807) is 0 Å². The third-order valence-corrected chi connectivity index (χ3v) is 4.52. The molecule has 1 aliphatic heterocycles. The Morgan fingerprint density at radius 3 is 2.95 bits per heavy atom. The summed E-state index contributed by atoms with van der Waals surface area (Å²) in [6.07, 6.45) is 2.59. The summed E-state index contributed by atoms with van der Waals surface area (Å²) < 4.78 is 0. The summed E-state index contributed by atoms with van der Waals surface area (Å²) >= 11 is 1.48. The molecule has 0 aromatic carbocycles. The Kier molecular flexibility index (Phi) is 10.2. The van der Waals surface area contributed by atoms with Gasteiger partial charge >= 0.3 is 0 Å². The number of nitrogens with zero attached hydrogens (tertiary/aromatic N) is 2. The Morgan fingerprint density at radius 2 is 2.32 bits per heavy atom. The Bertz CT molecular complexity index is 458. The first-order chi connectivity index (χ1) is 9.58. The van der Waals surface area contributed by atoms with Gasteiger partial charge in [0.05, 0.1) is 5.69 Å². The van der Waals surface area contributed by atoms with Gasteiger partial charge in [-0.3, -0.25) is 9.69 Å². The highest BCUT2D eigenvalue weighted by Crippen LogP contribution is 2.21. The molecule has 5 nitrogen and oxygen atoms in total. The van der Waals surface area contributed by atoms with E-state index in [0.29, 0.717) is 11.7 Å². The number of amides is 1. The maximum Gasteiger partial charge on any atom is 0.230 e. The summed E-state index contributed by atoms with van der Waals surface area (Å²) in [5.74, 6) is 0.539. The molecule has 0 bridgehead atoms. The van der Waals surface area contributed by atoms with Gasteiger partial charge in [-0.25, -0.2) is 4.98 Å². The standard InChI is InChI=1S/C14H24N4OS.2ClH/c1-10-4-3-5-18(7-10)8-12-9-20-14(16-12)17-13(19)11(2)6-15;;/h9-11H,3-8,15H2,1-2H3,(H,16,17,19);2*1H. The maximum atomic E-state index is 11.8. The molecule has 1 aromatic rings. The third-order valence-electron chi connectivity index (χ3n) is 3.71. The van der Waals surface area contributed by atoms with Gasteiger partial charge in [-0.1, -0.05) is 13.8 Å². The van der Waals surface area contributed by atoms with Crippen LogP contribution < -0.4 is 11.1 Å². The van der Waals surface area contributed by atoms with E-state index in [4.69, 9.17) is 5.73 Å². The molecule has 2 atom stereocenters. The Balaban J connectivity index is 0.00000220. The second-order valence-electron chi connectivity index (χ2n) is 5.75. The molecule has 1 aliphatic rings. The number of carbonyl (C=O) groups is 1. The number of thiazole rings is 1. The number of nitrogens with one attached hydrogen (secondary N) is 1. The van der Waals surface area contributed by atoms with Gasteiger partial charge in [0.15, 0.2) is 5.13 Å². The molecule has 1 saturated heterocycles. The molecule has 0 aliphatic carbocycles. The molecule has 8 heteroatoms. The lowest BCUT2D eigenvalue weighted by Crippen LogP contribution is -2.33. The van der Waals surface area contributed by atoms with Crippen molar-refractivity contribution in [2.45, 2.75) is 33.2 Å². The average molecular weight is 369 g/mol. The quantitative estimate of drug-likeness (QED) is 0.837. The molecule has 22 heavy (non-hydrogen) atoms. The summed E-state index contributed by atoms with van der Waals surface area (Å²) in [4.78, 5) is 18.7. The minimum atomic E-state index is -0.176. The van der Waals surface area contributed by atoms with E-state index in [0.717, 1.165) is 31.2 Å². The smallest absolute Gasteiger partial charge is 0.230 e. The number of hydrogen-bond acceptors (Lipinski definition) is 5. The van der Waals surface area contributed by atoms with Crippen molar-refractivity contribution < 1.29 is 4.79 Å². The molecule has 1 amide bonds. The van der Waals surface area contributed by atoms with Crippen molar-refractivity contribution in [1.29, 1.82) is 0 Å². The summed E-state index contributed by atoms with van der Waals surface area (Å²) in [5.41, 5.74) is 6.53. The van der Waals surface area contributed by atoms with E-state index in [1.807, 2.05) is 12.3 Å². The highest BCUT2D eigenvalue weighted by Gasteiger charge is 2.18. The Labute approximate surface area is 148 Å². The van der Waals surface area contributed by atoms with Crippen molar-refractivity contribution >= 4 is 47.2 Å². The molecular weight excluding hydrogens is 343 g/mol. The van der Waals surface area contributed by atoms with Crippen LogP contribution in [-0.2, 0) is 11.3 Å². The highest BCUT2D eigenvalue weighted by atomic mass is 35.5. The fourth-order valence-electron chi connectivity index (χ4n) is 2.43. The predicted octanol–water partition coefficient (Wildman–Crippen LogP) is 2.75. The number of anilines is 1. The van der Waals surface area contributed by atoms with Crippen molar-refractivity contribution in [3.8, 4) is 0 Å². The lowest BCUT2D eigenvalue weighted by atomic mass is 10.0. The number of likely N-dealkylation sites (tertiary alicyclic amines) is 1. The van der Waals surface area contributed by atoms with E-state index < -0.39 is 0 Å². The van der Waals surface area contributed by atoms with Crippen LogP contribution in [0.3, 0.4) is 0 Å². The van der Waals surface area contributed by atoms with Gasteiger partial charge in [0.25, 0.3) is 0 Å². The first-order valence-corrected chi connectivity index (χ1v) is 8.14. The number of rotatable bonds is 5. The fourth-order valence-corrected chi connectivity index (χ4v) is 3.14. The van der Waals surface area contributed by atoms with Gasteiger partial charge < -0.3 is 11.1 Å². The van der Waals surface area contributed by atoms with Crippen molar-refractivity contribution in [2.24, 2.45) is 17.6 Å². The number of piperidine rings is 1.